The zero-order chi connectivity index (χ0) is 30.7. The Morgan fingerprint density at radius 1 is 1.14 bits per heavy atom. The summed E-state index contributed by atoms with van der Waals surface area (Å²) in [6.07, 6.45) is 6.61. The zero-order valence-corrected chi connectivity index (χ0v) is 25.0. The van der Waals surface area contributed by atoms with Crippen LogP contribution < -0.4 is 10.3 Å². The van der Waals surface area contributed by atoms with Gasteiger partial charge in [0, 0.05) is 42.5 Å². The molecule has 0 saturated heterocycles. The fourth-order valence-electron chi connectivity index (χ4n) is 5.17. The van der Waals surface area contributed by atoms with Gasteiger partial charge in [-0.2, -0.15) is 5.10 Å². The number of ether oxygens (including phenoxy) is 2. The number of nitrogens with one attached hydrogen (secondary N) is 1. The number of hydrogen-bond acceptors (Lipinski definition) is 7. The van der Waals surface area contributed by atoms with E-state index in [0.717, 1.165) is 16.8 Å². The standard InChI is InChI=1S/C34H35N3O6/c1-6-42-33(40)24-9-7-11-26(17-24)37-32(39)29(22(3)36-37)19-27-14-15-30(43-27)23-13-12-21(2)28(18-23)31(38)35-25-10-8-16-34(4,20-25)41-5/h7-18,29H,6,19-20H2,1-5H3,(H,35,38). The largest absolute Gasteiger partial charge is 0.462 e. The van der Waals surface area contributed by atoms with Crippen molar-refractivity contribution in [1.82, 2.24) is 5.32 Å². The molecule has 0 spiro atoms. The molecular formula is C34H35N3O6. The summed E-state index contributed by atoms with van der Waals surface area (Å²) in [7, 11) is 1.65. The normalized spacial score (nSPS) is 19.7. The molecule has 2 amide bonds. The lowest BCUT2D eigenvalue weighted by atomic mass is 9.94. The third kappa shape index (κ3) is 6.36. The Balaban J connectivity index is 1.29. The summed E-state index contributed by atoms with van der Waals surface area (Å²) in [5.74, 6) is -0.168. The topological polar surface area (TPSA) is 110 Å². The maximum absolute atomic E-state index is 13.4. The number of allylic oxidation sites excluding steroid dienone is 2. The van der Waals surface area contributed by atoms with Crippen molar-refractivity contribution in [3.8, 4) is 11.3 Å². The Bertz CT molecular complexity index is 1670. The second-order valence-electron chi connectivity index (χ2n) is 10.9. The van der Waals surface area contributed by atoms with Crippen LogP contribution in [-0.4, -0.2) is 42.8 Å². The number of esters is 1. The van der Waals surface area contributed by atoms with E-state index >= 15 is 0 Å². The summed E-state index contributed by atoms with van der Waals surface area (Å²) in [6, 6.07) is 16.0. The van der Waals surface area contributed by atoms with E-state index in [1.165, 1.54) is 5.01 Å². The Kier molecular flexibility index (Phi) is 8.45. The zero-order valence-electron chi connectivity index (χ0n) is 25.0. The molecule has 43 heavy (non-hydrogen) atoms. The highest BCUT2D eigenvalue weighted by molar-refractivity contribution is 6.15. The summed E-state index contributed by atoms with van der Waals surface area (Å²) in [6.45, 7) is 7.67. The summed E-state index contributed by atoms with van der Waals surface area (Å²) in [5.41, 5.74) is 3.94. The number of rotatable bonds is 9. The van der Waals surface area contributed by atoms with Gasteiger partial charge in [-0.05, 0) is 75.7 Å². The molecule has 3 aromatic rings. The van der Waals surface area contributed by atoms with Gasteiger partial charge in [0.05, 0.1) is 29.4 Å². The fraction of sp³-hybridized carbons (Fsp3) is 0.294. The van der Waals surface area contributed by atoms with Gasteiger partial charge in [-0.25, -0.2) is 9.80 Å². The van der Waals surface area contributed by atoms with Crippen molar-refractivity contribution in [3.63, 3.8) is 0 Å². The van der Waals surface area contributed by atoms with Crippen molar-refractivity contribution in [2.24, 2.45) is 11.0 Å². The molecule has 9 heteroatoms. The molecule has 1 aliphatic heterocycles. The van der Waals surface area contributed by atoms with Crippen LogP contribution in [0.5, 0.6) is 0 Å². The number of amides is 2. The van der Waals surface area contributed by atoms with Gasteiger partial charge in [0.1, 0.15) is 11.5 Å². The van der Waals surface area contributed by atoms with Crippen LogP contribution in [-0.2, 0) is 20.7 Å². The molecule has 1 N–H and O–H groups in total. The minimum atomic E-state index is -0.514. The predicted molar refractivity (Wildman–Crippen MR) is 164 cm³/mol. The molecule has 1 aliphatic carbocycles. The highest BCUT2D eigenvalue weighted by atomic mass is 16.5. The molecule has 2 unspecified atom stereocenters. The van der Waals surface area contributed by atoms with Crippen LogP contribution in [0.1, 0.15) is 59.2 Å². The van der Waals surface area contributed by atoms with E-state index in [1.54, 1.807) is 45.2 Å². The van der Waals surface area contributed by atoms with Crippen LogP contribution in [0.15, 0.2) is 88.0 Å². The van der Waals surface area contributed by atoms with Crippen LogP contribution in [0.2, 0.25) is 0 Å². The van der Waals surface area contributed by atoms with Gasteiger partial charge in [-0.3, -0.25) is 9.59 Å². The van der Waals surface area contributed by atoms with Crippen molar-refractivity contribution in [2.75, 3.05) is 18.7 Å². The summed E-state index contributed by atoms with van der Waals surface area (Å²) >= 11 is 0. The Labute approximate surface area is 250 Å². The number of methoxy groups -OCH3 is 1. The molecule has 0 saturated carbocycles. The first kappa shape index (κ1) is 29.7. The van der Waals surface area contributed by atoms with Crippen LogP contribution in [0.3, 0.4) is 0 Å². The number of hydrazone groups is 1. The summed E-state index contributed by atoms with van der Waals surface area (Å²) < 4.78 is 16.8. The number of anilines is 1. The number of carbonyl (C=O) groups is 3. The third-order valence-electron chi connectivity index (χ3n) is 7.73. The molecule has 9 nitrogen and oxygen atoms in total. The molecule has 1 aromatic heterocycles. The fourth-order valence-corrected chi connectivity index (χ4v) is 5.17. The number of aryl methyl sites for hydroxylation is 1. The Hall–Kier alpha value is -4.76. The quantitative estimate of drug-likeness (QED) is 0.311. The van der Waals surface area contributed by atoms with Gasteiger partial charge in [0.25, 0.3) is 11.8 Å². The lowest BCUT2D eigenvalue weighted by molar-refractivity contribution is -0.119. The smallest absolute Gasteiger partial charge is 0.338 e. The van der Waals surface area contributed by atoms with E-state index < -0.39 is 17.5 Å². The number of nitrogens with zero attached hydrogens (tertiary/aromatic N) is 2. The molecule has 0 bridgehead atoms. The third-order valence-corrected chi connectivity index (χ3v) is 7.73. The van der Waals surface area contributed by atoms with Crippen molar-refractivity contribution < 1.29 is 28.3 Å². The van der Waals surface area contributed by atoms with Crippen molar-refractivity contribution in [2.45, 2.75) is 46.1 Å². The second-order valence-corrected chi connectivity index (χ2v) is 10.9. The van der Waals surface area contributed by atoms with E-state index in [1.807, 2.05) is 62.4 Å². The van der Waals surface area contributed by atoms with Crippen LogP contribution in [0, 0.1) is 12.8 Å². The van der Waals surface area contributed by atoms with Gasteiger partial charge in [0.2, 0.25) is 0 Å². The molecule has 2 heterocycles. The van der Waals surface area contributed by atoms with Crippen LogP contribution in [0.25, 0.3) is 11.3 Å². The molecule has 2 aliphatic rings. The first-order chi connectivity index (χ1) is 20.6. The molecule has 0 fully saturated rings. The van der Waals surface area contributed by atoms with Crippen LogP contribution in [0.4, 0.5) is 5.69 Å². The Morgan fingerprint density at radius 3 is 2.72 bits per heavy atom. The lowest BCUT2D eigenvalue weighted by Crippen LogP contribution is -2.33. The number of hydrogen-bond donors (Lipinski definition) is 1. The van der Waals surface area contributed by atoms with E-state index in [0.29, 0.717) is 46.9 Å². The number of furan rings is 1. The molecule has 222 valence electrons. The molecule has 2 aromatic carbocycles. The second kappa shape index (κ2) is 12.2. The van der Waals surface area contributed by atoms with Crippen molar-refractivity contribution in [3.05, 3.63) is 101 Å². The predicted octanol–water partition coefficient (Wildman–Crippen LogP) is 5.99. The monoisotopic (exact) mass is 581 g/mol. The maximum Gasteiger partial charge on any atom is 0.338 e. The van der Waals surface area contributed by atoms with Gasteiger partial charge >= 0.3 is 5.97 Å². The van der Waals surface area contributed by atoms with Crippen molar-refractivity contribution >= 4 is 29.2 Å². The van der Waals surface area contributed by atoms with Crippen LogP contribution >= 0.6 is 0 Å². The first-order valence-corrected chi connectivity index (χ1v) is 14.2. The van der Waals surface area contributed by atoms with Crippen molar-refractivity contribution in [1.29, 1.82) is 0 Å². The molecule has 2 atom stereocenters. The van der Waals surface area contributed by atoms with E-state index in [-0.39, 0.29) is 18.4 Å². The lowest BCUT2D eigenvalue weighted by Gasteiger charge is -2.28. The molecule has 0 radical (unpaired) electrons. The van der Waals surface area contributed by atoms with Gasteiger partial charge in [-0.1, -0.05) is 30.4 Å². The number of benzene rings is 2. The van der Waals surface area contributed by atoms with Gasteiger partial charge in [0.15, 0.2) is 0 Å². The Morgan fingerprint density at radius 2 is 1.95 bits per heavy atom. The van der Waals surface area contributed by atoms with Gasteiger partial charge < -0.3 is 19.2 Å². The minimum Gasteiger partial charge on any atom is -0.462 e. The minimum absolute atomic E-state index is 0.206. The molecular weight excluding hydrogens is 546 g/mol. The van der Waals surface area contributed by atoms with E-state index in [2.05, 4.69) is 10.4 Å². The highest BCUT2D eigenvalue weighted by Crippen LogP contribution is 2.31. The average molecular weight is 582 g/mol. The van der Waals surface area contributed by atoms with E-state index in [4.69, 9.17) is 13.9 Å². The van der Waals surface area contributed by atoms with E-state index in [9.17, 15) is 14.4 Å². The summed E-state index contributed by atoms with van der Waals surface area (Å²) in [5, 5.41) is 8.82. The number of carbonyl (C=O) groups excluding carboxylic acids is 3. The maximum atomic E-state index is 13.4. The SMILES string of the molecule is CCOC(=O)c1cccc(N2N=C(C)C(Cc3ccc(-c4ccc(C)c(C(=O)NC5=CC=CC(C)(OC)C5)c4)o3)C2=O)c1. The molecule has 5 rings (SSSR count). The summed E-state index contributed by atoms with van der Waals surface area (Å²) in [4.78, 5) is 38.8. The average Bonchev–Trinajstić information content (AvgIpc) is 3.58. The van der Waals surface area contributed by atoms with Gasteiger partial charge in [-0.15, -0.1) is 0 Å². The highest BCUT2D eigenvalue weighted by Gasteiger charge is 2.35. The first-order valence-electron chi connectivity index (χ1n) is 14.2.